The molecule has 2 N–H and O–H groups in total. The third-order valence-electron chi connectivity index (χ3n) is 2.04. The second kappa shape index (κ2) is 4.95. The van der Waals surface area contributed by atoms with E-state index in [9.17, 15) is 0 Å². The quantitative estimate of drug-likeness (QED) is 0.851. The molecule has 1 saturated heterocycles. The van der Waals surface area contributed by atoms with Crippen LogP contribution in [0.2, 0.25) is 0 Å². The van der Waals surface area contributed by atoms with Gasteiger partial charge in [-0.05, 0) is 12.8 Å². The van der Waals surface area contributed by atoms with E-state index >= 15 is 0 Å². The SMILES string of the molecule is Nc1nnc(CSCC2CCCO2)s1. The summed E-state index contributed by atoms with van der Waals surface area (Å²) in [6, 6.07) is 0. The van der Waals surface area contributed by atoms with Crippen molar-refractivity contribution in [3.63, 3.8) is 0 Å². The average molecular weight is 231 g/mol. The predicted molar refractivity (Wildman–Crippen MR) is 59.5 cm³/mol. The summed E-state index contributed by atoms with van der Waals surface area (Å²) in [5, 5.41) is 9.29. The van der Waals surface area contributed by atoms with Crippen LogP contribution in [0, 0.1) is 0 Å². The van der Waals surface area contributed by atoms with E-state index in [2.05, 4.69) is 10.2 Å². The molecule has 1 fully saturated rings. The first-order valence-corrected chi connectivity index (χ1v) is 6.59. The highest BCUT2D eigenvalue weighted by Gasteiger charge is 2.15. The van der Waals surface area contributed by atoms with Gasteiger partial charge in [0.05, 0.1) is 6.10 Å². The van der Waals surface area contributed by atoms with E-state index in [1.54, 1.807) is 0 Å². The zero-order chi connectivity index (χ0) is 9.80. The number of nitrogen functional groups attached to an aromatic ring is 1. The molecule has 14 heavy (non-hydrogen) atoms. The van der Waals surface area contributed by atoms with E-state index < -0.39 is 0 Å². The van der Waals surface area contributed by atoms with E-state index in [0.717, 1.165) is 23.1 Å². The molecule has 0 aliphatic carbocycles. The van der Waals surface area contributed by atoms with E-state index in [1.165, 1.54) is 24.2 Å². The molecule has 0 aromatic carbocycles. The van der Waals surface area contributed by atoms with Gasteiger partial charge < -0.3 is 10.5 Å². The number of nitrogens with two attached hydrogens (primary N) is 1. The lowest BCUT2D eigenvalue weighted by Crippen LogP contribution is -2.07. The smallest absolute Gasteiger partial charge is 0.203 e. The summed E-state index contributed by atoms with van der Waals surface area (Å²) in [6.45, 7) is 0.928. The molecule has 2 rings (SSSR count). The standard InChI is InChI=1S/C8H13N3OS2/c9-8-11-10-7(14-8)5-13-4-6-2-1-3-12-6/h6H,1-5H2,(H2,9,11). The van der Waals surface area contributed by atoms with Gasteiger partial charge in [-0.25, -0.2) is 0 Å². The van der Waals surface area contributed by atoms with Crippen molar-refractivity contribution in [1.82, 2.24) is 10.2 Å². The van der Waals surface area contributed by atoms with Gasteiger partial charge >= 0.3 is 0 Å². The fourth-order valence-electron chi connectivity index (χ4n) is 1.38. The van der Waals surface area contributed by atoms with Crippen molar-refractivity contribution in [2.75, 3.05) is 18.1 Å². The highest BCUT2D eigenvalue weighted by atomic mass is 32.2. The van der Waals surface area contributed by atoms with Crippen LogP contribution >= 0.6 is 23.1 Å². The Morgan fingerprint density at radius 3 is 3.14 bits per heavy atom. The van der Waals surface area contributed by atoms with Gasteiger partial charge in [-0.3, -0.25) is 0 Å². The molecule has 4 nitrogen and oxygen atoms in total. The molecule has 2 heterocycles. The molecule has 1 aromatic heterocycles. The Bertz CT molecular complexity index is 286. The number of hydrogen-bond acceptors (Lipinski definition) is 6. The summed E-state index contributed by atoms with van der Waals surface area (Å²) >= 11 is 3.31. The van der Waals surface area contributed by atoms with Crippen LogP contribution in [0.25, 0.3) is 0 Å². The first-order chi connectivity index (χ1) is 6.84. The second-order valence-electron chi connectivity index (χ2n) is 3.18. The number of anilines is 1. The summed E-state index contributed by atoms with van der Waals surface area (Å²) in [7, 11) is 0. The van der Waals surface area contributed by atoms with Gasteiger partial charge in [0.25, 0.3) is 0 Å². The summed E-state index contributed by atoms with van der Waals surface area (Å²) in [4.78, 5) is 0. The van der Waals surface area contributed by atoms with Crippen LogP contribution < -0.4 is 5.73 Å². The average Bonchev–Trinajstić information content (AvgIpc) is 2.77. The van der Waals surface area contributed by atoms with Gasteiger partial charge in [-0.15, -0.1) is 10.2 Å². The van der Waals surface area contributed by atoms with Gasteiger partial charge in [0.2, 0.25) is 5.13 Å². The Kier molecular flexibility index (Phi) is 3.61. The first kappa shape index (κ1) is 10.2. The number of rotatable bonds is 4. The fraction of sp³-hybridized carbons (Fsp3) is 0.750. The lowest BCUT2D eigenvalue weighted by molar-refractivity contribution is 0.129. The van der Waals surface area contributed by atoms with Gasteiger partial charge in [0, 0.05) is 18.1 Å². The molecule has 78 valence electrons. The molecule has 0 radical (unpaired) electrons. The summed E-state index contributed by atoms with van der Waals surface area (Å²) in [5.74, 6) is 1.95. The van der Waals surface area contributed by atoms with Crippen LogP contribution in [0.4, 0.5) is 5.13 Å². The summed E-state index contributed by atoms with van der Waals surface area (Å²) in [5.41, 5.74) is 5.48. The largest absolute Gasteiger partial charge is 0.377 e. The van der Waals surface area contributed by atoms with E-state index in [4.69, 9.17) is 10.5 Å². The zero-order valence-corrected chi connectivity index (χ0v) is 9.44. The van der Waals surface area contributed by atoms with Gasteiger partial charge in [0.15, 0.2) is 0 Å². The van der Waals surface area contributed by atoms with Crippen molar-refractivity contribution >= 4 is 28.2 Å². The fourth-order valence-corrected chi connectivity index (χ4v) is 3.14. The monoisotopic (exact) mass is 231 g/mol. The van der Waals surface area contributed by atoms with Crippen molar-refractivity contribution in [3.8, 4) is 0 Å². The maximum Gasteiger partial charge on any atom is 0.203 e. The van der Waals surface area contributed by atoms with Crippen molar-refractivity contribution in [2.45, 2.75) is 24.7 Å². The van der Waals surface area contributed by atoms with E-state index in [1.807, 2.05) is 11.8 Å². The summed E-state index contributed by atoms with van der Waals surface area (Å²) in [6.07, 6.45) is 2.85. The van der Waals surface area contributed by atoms with Crippen LogP contribution in [0.15, 0.2) is 0 Å². The summed E-state index contributed by atoms with van der Waals surface area (Å²) < 4.78 is 5.52. The molecule has 1 unspecified atom stereocenters. The minimum Gasteiger partial charge on any atom is -0.377 e. The zero-order valence-electron chi connectivity index (χ0n) is 7.81. The molecule has 1 aliphatic heterocycles. The molecule has 1 aromatic rings. The lowest BCUT2D eigenvalue weighted by atomic mass is 10.3. The Balaban J connectivity index is 1.67. The minimum absolute atomic E-state index is 0.449. The number of hydrogen-bond donors (Lipinski definition) is 1. The van der Waals surface area contributed by atoms with Gasteiger partial charge in [-0.2, -0.15) is 11.8 Å². The van der Waals surface area contributed by atoms with Crippen molar-refractivity contribution in [3.05, 3.63) is 5.01 Å². The topological polar surface area (TPSA) is 61.0 Å². The maximum absolute atomic E-state index is 5.52. The maximum atomic E-state index is 5.52. The molecule has 0 saturated carbocycles. The second-order valence-corrected chi connectivity index (χ2v) is 5.31. The van der Waals surface area contributed by atoms with Gasteiger partial charge in [0.1, 0.15) is 5.01 Å². The third-order valence-corrected chi connectivity index (χ3v) is 4.06. The van der Waals surface area contributed by atoms with Crippen molar-refractivity contribution in [1.29, 1.82) is 0 Å². The molecular weight excluding hydrogens is 218 g/mol. The van der Waals surface area contributed by atoms with Crippen LogP contribution in [-0.2, 0) is 10.5 Å². The van der Waals surface area contributed by atoms with Crippen LogP contribution in [-0.4, -0.2) is 28.7 Å². The first-order valence-electron chi connectivity index (χ1n) is 4.62. The Hall–Kier alpha value is -0.330. The van der Waals surface area contributed by atoms with E-state index in [0.29, 0.717) is 11.2 Å². The normalized spacial score (nSPS) is 21.6. The third kappa shape index (κ3) is 2.83. The Morgan fingerprint density at radius 2 is 2.50 bits per heavy atom. The number of nitrogens with zero attached hydrogens (tertiary/aromatic N) is 2. The minimum atomic E-state index is 0.449. The Labute approximate surface area is 91.2 Å². The van der Waals surface area contributed by atoms with Gasteiger partial charge in [-0.1, -0.05) is 11.3 Å². The van der Waals surface area contributed by atoms with Crippen molar-refractivity contribution < 1.29 is 4.74 Å². The van der Waals surface area contributed by atoms with Crippen LogP contribution in [0.3, 0.4) is 0 Å². The molecular formula is C8H13N3OS2. The highest BCUT2D eigenvalue weighted by molar-refractivity contribution is 7.98. The molecule has 0 spiro atoms. The predicted octanol–water partition coefficient (Wildman–Crippen LogP) is 1.53. The molecule has 0 bridgehead atoms. The Morgan fingerprint density at radius 1 is 1.57 bits per heavy atom. The highest BCUT2D eigenvalue weighted by Crippen LogP contribution is 2.22. The van der Waals surface area contributed by atoms with Crippen LogP contribution in [0.5, 0.6) is 0 Å². The molecule has 1 atom stereocenters. The molecule has 6 heteroatoms. The number of thioether (sulfide) groups is 1. The molecule has 0 amide bonds. The number of ether oxygens (including phenoxy) is 1. The van der Waals surface area contributed by atoms with E-state index in [-0.39, 0.29) is 0 Å². The van der Waals surface area contributed by atoms with Crippen molar-refractivity contribution in [2.24, 2.45) is 0 Å². The number of aromatic nitrogens is 2. The van der Waals surface area contributed by atoms with Crippen LogP contribution in [0.1, 0.15) is 17.8 Å². The molecule has 1 aliphatic rings. The lowest BCUT2D eigenvalue weighted by Gasteiger charge is -2.06.